The fourth-order valence-corrected chi connectivity index (χ4v) is 2.35. The molecule has 0 amide bonds. The zero-order valence-electron chi connectivity index (χ0n) is 13.2. The molecule has 122 valence electrons. The van der Waals surface area contributed by atoms with Crippen LogP contribution >= 0.6 is 0 Å². The van der Waals surface area contributed by atoms with Crippen molar-refractivity contribution in [3.8, 4) is 22.8 Å². The van der Waals surface area contributed by atoms with E-state index in [-0.39, 0.29) is 0 Å². The zero-order chi connectivity index (χ0) is 16.9. The number of nitrogen functional groups attached to an aromatic ring is 1. The smallest absolute Gasteiger partial charge is 0.213 e. The van der Waals surface area contributed by atoms with Crippen LogP contribution in [-0.4, -0.2) is 12.1 Å². The van der Waals surface area contributed by atoms with Crippen molar-refractivity contribution in [1.82, 2.24) is 4.98 Å². The Labute approximate surface area is 139 Å². The summed E-state index contributed by atoms with van der Waals surface area (Å²) in [7, 11) is 1.48. The number of benzene rings is 2. The summed E-state index contributed by atoms with van der Waals surface area (Å²) in [5.74, 6) is 0.458. The first-order valence-corrected chi connectivity index (χ1v) is 7.43. The van der Waals surface area contributed by atoms with E-state index in [1.807, 2.05) is 30.3 Å². The highest BCUT2D eigenvalue weighted by molar-refractivity contribution is 5.70. The lowest BCUT2D eigenvalue weighted by molar-refractivity contribution is 0.306. The first kappa shape index (κ1) is 15.8. The summed E-state index contributed by atoms with van der Waals surface area (Å²) in [6.45, 7) is 0.409. The molecule has 0 aliphatic rings. The quantitative estimate of drug-likeness (QED) is 0.719. The molecule has 24 heavy (non-hydrogen) atoms. The van der Waals surface area contributed by atoms with Crippen LogP contribution in [0.15, 0.2) is 60.8 Å². The molecule has 0 aliphatic heterocycles. The standard InChI is InChI=1S/C19H17FN2O2/c1-23-19-10-17(18(20)11-22-19)14-7-15(21)9-16(8-14)24-12-13-5-3-2-4-6-13/h2-11H,12,21H2,1H3. The van der Waals surface area contributed by atoms with Crippen LogP contribution in [0.4, 0.5) is 10.1 Å². The van der Waals surface area contributed by atoms with Crippen molar-refractivity contribution in [2.24, 2.45) is 0 Å². The minimum Gasteiger partial charge on any atom is -0.489 e. The summed E-state index contributed by atoms with van der Waals surface area (Å²) in [5.41, 5.74) is 8.44. The highest BCUT2D eigenvalue weighted by Crippen LogP contribution is 2.31. The average molecular weight is 324 g/mol. The molecule has 2 aromatic carbocycles. The van der Waals surface area contributed by atoms with E-state index in [4.69, 9.17) is 15.2 Å². The number of nitrogens with two attached hydrogens (primary N) is 1. The number of aromatic nitrogens is 1. The van der Waals surface area contributed by atoms with Gasteiger partial charge in [-0.2, -0.15) is 0 Å². The van der Waals surface area contributed by atoms with E-state index in [9.17, 15) is 4.39 Å². The van der Waals surface area contributed by atoms with Crippen LogP contribution in [0.2, 0.25) is 0 Å². The molecule has 1 aromatic heterocycles. The van der Waals surface area contributed by atoms with Gasteiger partial charge in [0.1, 0.15) is 18.2 Å². The minimum atomic E-state index is -0.449. The van der Waals surface area contributed by atoms with E-state index in [0.717, 1.165) is 11.8 Å². The maximum Gasteiger partial charge on any atom is 0.213 e. The number of hydrogen-bond acceptors (Lipinski definition) is 4. The lowest BCUT2D eigenvalue weighted by Crippen LogP contribution is -1.98. The van der Waals surface area contributed by atoms with Gasteiger partial charge < -0.3 is 15.2 Å². The molecular weight excluding hydrogens is 307 g/mol. The lowest BCUT2D eigenvalue weighted by atomic mass is 10.1. The SMILES string of the molecule is COc1cc(-c2cc(N)cc(OCc3ccccc3)c2)c(F)cn1. The molecule has 0 atom stereocenters. The number of methoxy groups -OCH3 is 1. The first-order chi connectivity index (χ1) is 11.7. The summed E-state index contributed by atoms with van der Waals surface area (Å²) < 4.78 is 24.9. The van der Waals surface area contributed by atoms with Crippen molar-refractivity contribution in [3.05, 3.63) is 72.2 Å². The molecule has 0 aliphatic carbocycles. The predicted octanol–water partition coefficient (Wildman–Crippen LogP) is 4.06. The molecular formula is C19H17FN2O2. The van der Waals surface area contributed by atoms with Crippen LogP contribution in [0.3, 0.4) is 0 Å². The number of anilines is 1. The fourth-order valence-electron chi connectivity index (χ4n) is 2.35. The summed E-state index contributed by atoms with van der Waals surface area (Å²) in [6, 6.07) is 16.5. The summed E-state index contributed by atoms with van der Waals surface area (Å²) in [4.78, 5) is 3.84. The second kappa shape index (κ2) is 7.00. The molecule has 5 heteroatoms. The zero-order valence-corrected chi connectivity index (χ0v) is 13.2. The van der Waals surface area contributed by atoms with Crippen molar-refractivity contribution in [2.45, 2.75) is 6.61 Å². The van der Waals surface area contributed by atoms with E-state index in [0.29, 0.717) is 35.1 Å². The van der Waals surface area contributed by atoms with Gasteiger partial charge in [-0.1, -0.05) is 30.3 Å². The van der Waals surface area contributed by atoms with Gasteiger partial charge in [0.25, 0.3) is 0 Å². The molecule has 0 spiro atoms. The van der Waals surface area contributed by atoms with Crippen LogP contribution in [-0.2, 0) is 6.61 Å². The van der Waals surface area contributed by atoms with Gasteiger partial charge in [0.2, 0.25) is 5.88 Å². The number of pyridine rings is 1. The molecule has 3 rings (SSSR count). The van der Waals surface area contributed by atoms with Gasteiger partial charge in [0.15, 0.2) is 0 Å². The van der Waals surface area contributed by atoms with Crippen LogP contribution in [0, 0.1) is 5.82 Å². The Bertz CT molecular complexity index is 838. The van der Waals surface area contributed by atoms with Crippen LogP contribution in [0.5, 0.6) is 11.6 Å². The lowest BCUT2D eigenvalue weighted by Gasteiger charge is -2.11. The highest BCUT2D eigenvalue weighted by Gasteiger charge is 2.10. The van der Waals surface area contributed by atoms with Gasteiger partial charge in [0.05, 0.1) is 13.3 Å². The summed E-state index contributed by atoms with van der Waals surface area (Å²) in [6.07, 6.45) is 1.13. The monoisotopic (exact) mass is 324 g/mol. The largest absolute Gasteiger partial charge is 0.489 e. The minimum absolute atomic E-state index is 0.334. The van der Waals surface area contributed by atoms with E-state index in [1.54, 1.807) is 18.2 Å². The number of ether oxygens (including phenoxy) is 2. The molecule has 2 N–H and O–H groups in total. The van der Waals surface area contributed by atoms with Crippen LogP contribution in [0.1, 0.15) is 5.56 Å². The molecule has 4 nitrogen and oxygen atoms in total. The molecule has 0 fully saturated rings. The van der Waals surface area contributed by atoms with Gasteiger partial charge in [-0.05, 0) is 23.3 Å². The second-order valence-electron chi connectivity index (χ2n) is 5.27. The molecule has 3 aromatic rings. The van der Waals surface area contributed by atoms with Crippen molar-refractivity contribution in [1.29, 1.82) is 0 Å². The van der Waals surface area contributed by atoms with E-state index in [1.165, 1.54) is 13.2 Å². The van der Waals surface area contributed by atoms with E-state index < -0.39 is 5.82 Å². The van der Waals surface area contributed by atoms with Crippen LogP contribution in [0.25, 0.3) is 11.1 Å². The first-order valence-electron chi connectivity index (χ1n) is 7.43. The van der Waals surface area contributed by atoms with Gasteiger partial charge in [0, 0.05) is 23.4 Å². The van der Waals surface area contributed by atoms with Gasteiger partial charge in [-0.25, -0.2) is 9.37 Å². The number of hydrogen-bond donors (Lipinski definition) is 1. The Morgan fingerprint density at radius 2 is 1.88 bits per heavy atom. The highest BCUT2D eigenvalue weighted by atomic mass is 19.1. The second-order valence-corrected chi connectivity index (χ2v) is 5.27. The molecule has 0 bridgehead atoms. The van der Waals surface area contributed by atoms with E-state index in [2.05, 4.69) is 4.98 Å². The average Bonchev–Trinajstić information content (AvgIpc) is 2.61. The van der Waals surface area contributed by atoms with Crippen molar-refractivity contribution in [3.63, 3.8) is 0 Å². The molecule has 0 saturated carbocycles. The van der Waals surface area contributed by atoms with Crippen molar-refractivity contribution in [2.75, 3.05) is 12.8 Å². The summed E-state index contributed by atoms with van der Waals surface area (Å²) in [5, 5.41) is 0. The van der Waals surface area contributed by atoms with Gasteiger partial charge in [-0.15, -0.1) is 0 Å². The number of halogens is 1. The predicted molar refractivity (Wildman–Crippen MR) is 91.4 cm³/mol. The number of nitrogens with zero attached hydrogens (tertiary/aromatic N) is 1. The van der Waals surface area contributed by atoms with Crippen molar-refractivity contribution < 1.29 is 13.9 Å². The Hall–Kier alpha value is -3.08. The maximum atomic E-state index is 14.1. The maximum absolute atomic E-state index is 14.1. The molecule has 0 radical (unpaired) electrons. The third-order valence-electron chi connectivity index (χ3n) is 3.53. The Kier molecular flexibility index (Phi) is 4.61. The van der Waals surface area contributed by atoms with Gasteiger partial charge in [-0.3, -0.25) is 0 Å². The van der Waals surface area contributed by atoms with Crippen molar-refractivity contribution >= 4 is 5.69 Å². The van der Waals surface area contributed by atoms with Gasteiger partial charge >= 0.3 is 0 Å². The topological polar surface area (TPSA) is 57.4 Å². The Balaban J connectivity index is 1.89. The molecule has 0 saturated heterocycles. The Morgan fingerprint density at radius 3 is 2.62 bits per heavy atom. The number of rotatable bonds is 5. The molecule has 0 unspecified atom stereocenters. The summed E-state index contributed by atoms with van der Waals surface area (Å²) >= 11 is 0. The molecule has 1 heterocycles. The van der Waals surface area contributed by atoms with Crippen LogP contribution < -0.4 is 15.2 Å². The fraction of sp³-hybridized carbons (Fsp3) is 0.105. The third kappa shape index (κ3) is 3.63. The van der Waals surface area contributed by atoms with E-state index >= 15 is 0 Å². The Morgan fingerprint density at radius 1 is 1.08 bits per heavy atom. The normalized spacial score (nSPS) is 10.4. The third-order valence-corrected chi connectivity index (χ3v) is 3.53.